The van der Waals surface area contributed by atoms with E-state index in [2.05, 4.69) is 36.5 Å². The molecule has 0 saturated heterocycles. The Morgan fingerprint density at radius 1 is 1.26 bits per heavy atom. The lowest BCUT2D eigenvalue weighted by Crippen LogP contribution is -2.05. The molecule has 0 aliphatic rings. The molecule has 0 amide bonds. The highest BCUT2D eigenvalue weighted by atomic mass is 79.9. The van der Waals surface area contributed by atoms with E-state index in [-0.39, 0.29) is 5.82 Å². The first-order chi connectivity index (χ1) is 9.15. The van der Waals surface area contributed by atoms with Gasteiger partial charge in [0, 0.05) is 17.1 Å². The van der Waals surface area contributed by atoms with Gasteiger partial charge in [-0.1, -0.05) is 6.92 Å². The Bertz CT molecular complexity index is 589. The summed E-state index contributed by atoms with van der Waals surface area (Å²) in [6, 6.07) is 4.48. The normalized spacial score (nSPS) is 10.3. The van der Waals surface area contributed by atoms with Gasteiger partial charge in [0.25, 0.3) is 0 Å². The van der Waals surface area contributed by atoms with E-state index in [1.165, 1.54) is 18.5 Å². The number of benzene rings is 1. The van der Waals surface area contributed by atoms with Gasteiger partial charge in [-0.25, -0.2) is 14.4 Å². The van der Waals surface area contributed by atoms with Crippen LogP contribution in [0.25, 0.3) is 0 Å². The van der Waals surface area contributed by atoms with Crippen LogP contribution < -0.4 is 10.6 Å². The van der Waals surface area contributed by atoms with Gasteiger partial charge in [-0.3, -0.25) is 0 Å². The number of hydrogen-bond donors (Lipinski definition) is 2. The zero-order valence-electron chi connectivity index (χ0n) is 10.7. The molecule has 19 heavy (non-hydrogen) atoms. The molecular formula is C13H14BrFN4. The topological polar surface area (TPSA) is 49.8 Å². The van der Waals surface area contributed by atoms with Crippen LogP contribution in [0, 0.1) is 5.82 Å². The van der Waals surface area contributed by atoms with Crippen molar-refractivity contribution in [3.05, 3.63) is 40.4 Å². The largest absolute Gasteiger partial charge is 0.373 e. The van der Waals surface area contributed by atoms with Crippen LogP contribution in [0.1, 0.15) is 12.5 Å². The lowest BCUT2D eigenvalue weighted by molar-refractivity contribution is 0.627. The highest BCUT2D eigenvalue weighted by Crippen LogP contribution is 2.29. The fraction of sp³-hybridized carbons (Fsp3) is 0.231. The highest BCUT2D eigenvalue weighted by Gasteiger charge is 2.10. The molecule has 4 nitrogen and oxygen atoms in total. The summed E-state index contributed by atoms with van der Waals surface area (Å²) in [6.45, 7) is 2.03. The molecule has 0 spiro atoms. The summed E-state index contributed by atoms with van der Waals surface area (Å²) in [5, 5.41) is 6.22. The van der Waals surface area contributed by atoms with E-state index in [1.807, 2.05) is 14.0 Å². The molecule has 0 aliphatic heterocycles. The number of aromatic nitrogens is 2. The van der Waals surface area contributed by atoms with E-state index in [9.17, 15) is 4.39 Å². The number of hydrogen-bond acceptors (Lipinski definition) is 4. The maximum absolute atomic E-state index is 13.1. The van der Waals surface area contributed by atoms with Gasteiger partial charge in [0.2, 0.25) is 0 Å². The third-order valence-electron chi connectivity index (χ3n) is 2.72. The molecule has 0 aliphatic carbocycles. The molecule has 6 heteroatoms. The van der Waals surface area contributed by atoms with E-state index in [0.29, 0.717) is 10.3 Å². The molecule has 100 valence electrons. The van der Waals surface area contributed by atoms with Crippen LogP contribution in [-0.4, -0.2) is 17.0 Å². The van der Waals surface area contributed by atoms with Crippen LogP contribution in [0.4, 0.5) is 21.7 Å². The second kappa shape index (κ2) is 5.97. The average molecular weight is 325 g/mol. The second-order valence-electron chi connectivity index (χ2n) is 3.90. The van der Waals surface area contributed by atoms with E-state index in [0.717, 1.165) is 23.5 Å². The maximum atomic E-state index is 13.1. The van der Waals surface area contributed by atoms with Gasteiger partial charge in [-0.15, -0.1) is 0 Å². The molecule has 0 radical (unpaired) electrons. The number of nitrogens with one attached hydrogen (secondary N) is 2. The first kappa shape index (κ1) is 13.7. The van der Waals surface area contributed by atoms with Gasteiger partial charge in [0.1, 0.15) is 23.8 Å². The van der Waals surface area contributed by atoms with Crippen LogP contribution in [-0.2, 0) is 6.42 Å². The first-order valence-electron chi connectivity index (χ1n) is 5.89. The van der Waals surface area contributed by atoms with Crippen molar-refractivity contribution in [3.63, 3.8) is 0 Å². The summed E-state index contributed by atoms with van der Waals surface area (Å²) in [6.07, 6.45) is 2.28. The number of anilines is 3. The molecule has 0 atom stereocenters. The quantitative estimate of drug-likeness (QED) is 0.899. The minimum Gasteiger partial charge on any atom is -0.373 e. The zero-order chi connectivity index (χ0) is 13.8. The number of rotatable bonds is 4. The summed E-state index contributed by atoms with van der Waals surface area (Å²) in [5.41, 5.74) is 1.75. The van der Waals surface area contributed by atoms with Crippen molar-refractivity contribution in [2.45, 2.75) is 13.3 Å². The predicted octanol–water partition coefficient (Wildman–Crippen LogP) is 3.73. The van der Waals surface area contributed by atoms with Crippen molar-refractivity contribution >= 4 is 33.3 Å². The molecule has 1 aromatic carbocycles. The maximum Gasteiger partial charge on any atom is 0.139 e. The van der Waals surface area contributed by atoms with Gasteiger partial charge in [-0.2, -0.15) is 0 Å². The fourth-order valence-electron chi connectivity index (χ4n) is 1.79. The molecule has 0 fully saturated rings. The average Bonchev–Trinajstić information content (AvgIpc) is 2.41. The Kier molecular flexibility index (Phi) is 4.31. The van der Waals surface area contributed by atoms with Crippen molar-refractivity contribution in [1.82, 2.24) is 9.97 Å². The van der Waals surface area contributed by atoms with Gasteiger partial charge in [0.15, 0.2) is 0 Å². The van der Waals surface area contributed by atoms with Crippen molar-refractivity contribution in [3.8, 4) is 0 Å². The Labute approximate surface area is 119 Å². The molecule has 0 bridgehead atoms. The van der Waals surface area contributed by atoms with Crippen molar-refractivity contribution in [2.75, 3.05) is 17.7 Å². The van der Waals surface area contributed by atoms with Crippen molar-refractivity contribution < 1.29 is 4.39 Å². The summed E-state index contributed by atoms with van der Waals surface area (Å²) < 4.78 is 13.7. The lowest BCUT2D eigenvalue weighted by atomic mass is 10.2. The SMILES string of the molecule is CCc1c(NC)ncnc1Nc1ccc(F)cc1Br. The lowest BCUT2D eigenvalue weighted by Gasteiger charge is -2.13. The van der Waals surface area contributed by atoms with E-state index < -0.39 is 0 Å². The van der Waals surface area contributed by atoms with Crippen LogP contribution in [0.2, 0.25) is 0 Å². The van der Waals surface area contributed by atoms with Gasteiger partial charge in [-0.05, 0) is 40.5 Å². The monoisotopic (exact) mass is 324 g/mol. The van der Waals surface area contributed by atoms with E-state index in [4.69, 9.17) is 0 Å². The minimum absolute atomic E-state index is 0.285. The third kappa shape index (κ3) is 3.01. The highest BCUT2D eigenvalue weighted by molar-refractivity contribution is 9.10. The molecule has 2 rings (SSSR count). The molecule has 2 aromatic rings. The van der Waals surface area contributed by atoms with Gasteiger partial charge >= 0.3 is 0 Å². The molecule has 1 heterocycles. The van der Waals surface area contributed by atoms with Crippen LogP contribution in [0.5, 0.6) is 0 Å². The zero-order valence-corrected chi connectivity index (χ0v) is 12.3. The van der Waals surface area contributed by atoms with E-state index in [1.54, 1.807) is 6.07 Å². The number of nitrogens with zero attached hydrogens (tertiary/aromatic N) is 2. The standard InChI is InChI=1S/C13H14BrFN4/c1-3-9-12(16-2)17-7-18-13(9)19-11-5-4-8(15)6-10(11)14/h4-7H,3H2,1-2H3,(H2,16,17,18,19). The van der Waals surface area contributed by atoms with E-state index >= 15 is 0 Å². The third-order valence-corrected chi connectivity index (χ3v) is 3.38. The Morgan fingerprint density at radius 3 is 2.63 bits per heavy atom. The fourth-order valence-corrected chi connectivity index (χ4v) is 2.24. The number of halogens is 2. The molecular weight excluding hydrogens is 311 g/mol. The summed E-state index contributed by atoms with van der Waals surface area (Å²) in [7, 11) is 1.82. The first-order valence-corrected chi connectivity index (χ1v) is 6.68. The van der Waals surface area contributed by atoms with Crippen molar-refractivity contribution in [2.24, 2.45) is 0 Å². The Morgan fingerprint density at radius 2 is 2.00 bits per heavy atom. The molecule has 2 N–H and O–H groups in total. The van der Waals surface area contributed by atoms with Gasteiger partial charge < -0.3 is 10.6 Å². The minimum atomic E-state index is -0.285. The summed E-state index contributed by atoms with van der Waals surface area (Å²) in [5.74, 6) is 1.22. The summed E-state index contributed by atoms with van der Waals surface area (Å²) in [4.78, 5) is 8.41. The Hall–Kier alpha value is -1.69. The predicted molar refractivity (Wildman–Crippen MR) is 78.3 cm³/mol. The van der Waals surface area contributed by atoms with Crippen LogP contribution in [0.15, 0.2) is 29.0 Å². The summed E-state index contributed by atoms with van der Waals surface area (Å²) >= 11 is 3.33. The van der Waals surface area contributed by atoms with Crippen molar-refractivity contribution in [1.29, 1.82) is 0 Å². The smallest absolute Gasteiger partial charge is 0.139 e. The van der Waals surface area contributed by atoms with Crippen LogP contribution in [0.3, 0.4) is 0 Å². The van der Waals surface area contributed by atoms with Gasteiger partial charge in [0.05, 0.1) is 5.69 Å². The second-order valence-corrected chi connectivity index (χ2v) is 4.76. The molecule has 0 unspecified atom stereocenters. The molecule has 1 aromatic heterocycles. The molecule has 0 saturated carbocycles. The van der Waals surface area contributed by atoms with Crippen LogP contribution >= 0.6 is 15.9 Å². The Balaban J connectivity index is 2.37.